The van der Waals surface area contributed by atoms with Crippen molar-refractivity contribution in [3.05, 3.63) is 58.4 Å². The Morgan fingerprint density at radius 3 is 2.27 bits per heavy atom. The predicted octanol–water partition coefficient (Wildman–Crippen LogP) is 1.55. The summed E-state index contributed by atoms with van der Waals surface area (Å²) in [6, 6.07) is 4.61. The van der Waals surface area contributed by atoms with E-state index in [1.165, 1.54) is 12.1 Å². The second-order valence-corrected chi connectivity index (χ2v) is 13.2. The number of carbonyl (C=O) groups excluding carboxylic acids is 2. The zero-order valence-electron chi connectivity index (χ0n) is 21.2. The number of amides is 2. The molecule has 6 rings (SSSR count). The Balaban J connectivity index is 1.27. The van der Waals surface area contributed by atoms with Crippen LogP contribution in [0.15, 0.2) is 35.2 Å². The third-order valence-corrected chi connectivity index (χ3v) is 10.9. The summed E-state index contributed by atoms with van der Waals surface area (Å²) in [6.45, 7) is -0.402. The highest BCUT2D eigenvalue weighted by molar-refractivity contribution is 7.92. The van der Waals surface area contributed by atoms with Crippen LogP contribution in [0.1, 0.15) is 29.6 Å². The summed E-state index contributed by atoms with van der Waals surface area (Å²) in [6.07, 6.45) is -3.26. The second kappa shape index (κ2) is 10.8. The molecule has 4 aliphatic rings. The molecule has 5 N–H and O–H groups in total. The van der Waals surface area contributed by atoms with Crippen molar-refractivity contribution in [1.82, 2.24) is 5.32 Å². The first-order chi connectivity index (χ1) is 19.2. The molecule has 5 atom stereocenters. The highest BCUT2D eigenvalue weighted by Gasteiger charge is 2.60. The number of hydrogen-bond acceptors (Lipinski definition) is 8. The van der Waals surface area contributed by atoms with Gasteiger partial charge in [0, 0.05) is 29.9 Å². The van der Waals surface area contributed by atoms with Crippen molar-refractivity contribution >= 4 is 38.9 Å². The molecule has 2 amide bonds. The van der Waals surface area contributed by atoms with E-state index in [4.69, 9.17) is 16.3 Å². The van der Waals surface area contributed by atoms with E-state index in [2.05, 4.69) is 10.6 Å². The van der Waals surface area contributed by atoms with Crippen LogP contribution in [0.3, 0.4) is 0 Å². The zero-order chi connectivity index (χ0) is 29.9. The van der Waals surface area contributed by atoms with E-state index in [0.717, 1.165) is 6.07 Å². The fraction of sp³-hybridized carbons (Fsp3) is 0.462. The normalized spacial score (nSPS) is 30.9. The molecule has 15 heteroatoms. The molecule has 0 radical (unpaired) electrons. The maximum atomic E-state index is 13.6. The molecule has 1 heterocycles. The molecular weight excluding hydrogens is 593 g/mol. The Labute approximate surface area is 237 Å². The van der Waals surface area contributed by atoms with Gasteiger partial charge in [0.05, 0.1) is 27.4 Å². The Morgan fingerprint density at radius 1 is 1.05 bits per heavy atom. The van der Waals surface area contributed by atoms with Gasteiger partial charge in [-0.3, -0.25) is 9.59 Å². The van der Waals surface area contributed by atoms with Crippen molar-refractivity contribution in [2.75, 3.05) is 18.5 Å². The Morgan fingerprint density at radius 2 is 1.68 bits per heavy atom. The minimum atomic E-state index is -4.11. The summed E-state index contributed by atoms with van der Waals surface area (Å²) in [5.74, 6) is -7.31. The quantitative estimate of drug-likeness (QED) is 0.292. The minimum Gasteiger partial charge on any atom is -0.388 e. The van der Waals surface area contributed by atoms with Gasteiger partial charge in [-0.05, 0) is 49.3 Å². The van der Waals surface area contributed by atoms with Crippen molar-refractivity contribution in [3.8, 4) is 0 Å². The van der Waals surface area contributed by atoms with Gasteiger partial charge < -0.3 is 30.7 Å². The Bertz CT molecular complexity index is 1470. The molecule has 3 saturated carbocycles. The monoisotopic (exact) mass is 618 g/mol. The van der Waals surface area contributed by atoms with Crippen LogP contribution < -0.4 is 10.6 Å². The highest BCUT2D eigenvalue weighted by Crippen LogP contribution is 2.55. The van der Waals surface area contributed by atoms with E-state index < -0.39 is 80.1 Å². The fourth-order valence-electron chi connectivity index (χ4n) is 5.83. The number of ether oxygens (including phenoxy) is 1. The number of aliphatic hydroxyl groups excluding tert-OH is 2. The van der Waals surface area contributed by atoms with Crippen LogP contribution >= 0.6 is 11.6 Å². The second-order valence-electron chi connectivity index (χ2n) is 10.6. The molecule has 4 fully saturated rings. The molecule has 222 valence electrons. The maximum absolute atomic E-state index is 13.6. The van der Waals surface area contributed by atoms with Gasteiger partial charge in [-0.2, -0.15) is 0 Å². The Kier molecular flexibility index (Phi) is 7.85. The number of fused-ring (bicyclic) bond motifs is 2. The molecule has 2 unspecified atom stereocenters. The fourth-order valence-corrected chi connectivity index (χ4v) is 8.23. The summed E-state index contributed by atoms with van der Waals surface area (Å²) >= 11 is 6.20. The predicted molar refractivity (Wildman–Crippen MR) is 137 cm³/mol. The van der Waals surface area contributed by atoms with Gasteiger partial charge in [0.1, 0.15) is 12.2 Å². The number of sulfone groups is 1. The van der Waals surface area contributed by atoms with Crippen molar-refractivity contribution < 1.29 is 51.2 Å². The lowest BCUT2D eigenvalue weighted by atomic mass is 9.53. The van der Waals surface area contributed by atoms with Gasteiger partial charge in [-0.25, -0.2) is 21.6 Å². The summed E-state index contributed by atoms with van der Waals surface area (Å²) in [7, 11) is -4.11. The van der Waals surface area contributed by atoms with Crippen LogP contribution in [0, 0.1) is 29.3 Å². The van der Waals surface area contributed by atoms with Crippen LogP contribution in [0.2, 0.25) is 5.02 Å². The van der Waals surface area contributed by atoms with E-state index >= 15 is 0 Å². The molecular formula is C26H26ClF3N2O8S. The van der Waals surface area contributed by atoms with Crippen molar-refractivity contribution in [1.29, 1.82) is 0 Å². The number of nitrogens with one attached hydrogen (secondary N) is 2. The number of carbonyl (C=O) groups is 2. The highest BCUT2D eigenvalue weighted by atomic mass is 35.5. The largest absolute Gasteiger partial charge is 0.388 e. The van der Waals surface area contributed by atoms with E-state index in [-0.39, 0.29) is 47.2 Å². The van der Waals surface area contributed by atoms with Gasteiger partial charge in [0.25, 0.3) is 11.8 Å². The molecule has 0 aromatic heterocycles. The average molecular weight is 619 g/mol. The number of halogens is 4. The van der Waals surface area contributed by atoms with Crippen LogP contribution in [0.25, 0.3) is 0 Å². The molecule has 0 spiro atoms. The molecule has 3 aliphatic carbocycles. The van der Waals surface area contributed by atoms with Gasteiger partial charge >= 0.3 is 0 Å². The molecule has 41 heavy (non-hydrogen) atoms. The van der Waals surface area contributed by atoms with Crippen molar-refractivity contribution in [3.63, 3.8) is 0 Å². The Hall–Kier alpha value is -2.75. The zero-order valence-corrected chi connectivity index (χ0v) is 22.8. The third-order valence-electron chi connectivity index (χ3n) is 8.21. The SMILES string of the molecule is O=C(Nc1cc(F)c(F)c(F)c1)c1ccc(Cl)c(S(=O)(=O)C2CC3CC(C2)C3(O)CNC(=O)[C@H]2OC[C@H](O)[C@@H]2O)c1. The van der Waals surface area contributed by atoms with Crippen LogP contribution in [-0.2, 0) is 19.4 Å². The smallest absolute Gasteiger partial charge is 0.255 e. The number of anilines is 1. The lowest BCUT2D eigenvalue weighted by molar-refractivity contribution is -0.175. The van der Waals surface area contributed by atoms with E-state index in [9.17, 15) is 46.5 Å². The van der Waals surface area contributed by atoms with Crippen LogP contribution in [0.5, 0.6) is 0 Å². The van der Waals surface area contributed by atoms with Gasteiger partial charge in [0.2, 0.25) is 0 Å². The summed E-state index contributed by atoms with van der Waals surface area (Å²) in [4.78, 5) is 24.8. The van der Waals surface area contributed by atoms with E-state index in [0.29, 0.717) is 18.6 Å². The molecule has 1 saturated heterocycles. The van der Waals surface area contributed by atoms with Crippen molar-refractivity contribution in [2.45, 2.75) is 53.3 Å². The first kappa shape index (κ1) is 29.7. The third kappa shape index (κ3) is 5.32. The lowest BCUT2D eigenvalue weighted by Gasteiger charge is -2.58. The van der Waals surface area contributed by atoms with Crippen molar-refractivity contribution in [2.24, 2.45) is 11.8 Å². The topological polar surface area (TPSA) is 162 Å². The number of aliphatic hydroxyl groups is 3. The molecule has 1 aliphatic heterocycles. The molecule has 2 aromatic rings. The first-order valence-corrected chi connectivity index (χ1v) is 14.6. The first-order valence-electron chi connectivity index (χ1n) is 12.7. The number of benzene rings is 2. The number of rotatable bonds is 7. The standard InChI is InChI=1S/C26H26ClF3N2O8S/c27-16-2-1-11(24(35)32-14-7-17(28)21(30)18(29)8-14)3-20(16)41(38,39)15-5-12-4-13(6-15)26(12,37)10-31-25(36)23-22(34)19(33)9-40-23/h1-3,7-8,12-13,15,19,22-23,33-34,37H,4-6,9-10H2,(H,31,36)(H,32,35)/t12?,13?,15?,19-,22-,23-,26?/m0/s1. The van der Waals surface area contributed by atoms with Gasteiger partial charge in [-0.15, -0.1) is 0 Å². The number of hydrogen-bond donors (Lipinski definition) is 5. The summed E-state index contributed by atoms with van der Waals surface area (Å²) < 4.78 is 72.5. The van der Waals surface area contributed by atoms with Gasteiger partial charge in [-0.1, -0.05) is 11.6 Å². The average Bonchev–Trinajstić information content (AvgIpc) is 3.27. The van der Waals surface area contributed by atoms with Gasteiger partial charge in [0.15, 0.2) is 33.4 Å². The van der Waals surface area contributed by atoms with Crippen LogP contribution in [0.4, 0.5) is 18.9 Å². The minimum absolute atomic E-state index is 0.0490. The molecule has 10 nitrogen and oxygen atoms in total. The molecule has 2 aromatic carbocycles. The van der Waals surface area contributed by atoms with E-state index in [1.54, 1.807) is 0 Å². The molecule has 2 bridgehead atoms. The lowest BCUT2D eigenvalue weighted by Crippen LogP contribution is -2.66. The van der Waals surface area contributed by atoms with Crippen LogP contribution in [-0.4, -0.2) is 77.9 Å². The summed E-state index contributed by atoms with van der Waals surface area (Å²) in [5.41, 5.74) is -1.94. The van der Waals surface area contributed by atoms with E-state index in [1.807, 2.05) is 0 Å². The summed E-state index contributed by atoms with van der Waals surface area (Å²) in [5, 5.41) is 34.2. The maximum Gasteiger partial charge on any atom is 0.255 e.